The van der Waals surface area contributed by atoms with Crippen LogP contribution in [0.3, 0.4) is 0 Å². The van der Waals surface area contributed by atoms with Crippen molar-refractivity contribution in [2.24, 2.45) is 0 Å². The van der Waals surface area contributed by atoms with Crippen LogP contribution in [-0.4, -0.2) is 17.8 Å². The second kappa shape index (κ2) is 5.41. The van der Waals surface area contributed by atoms with Crippen LogP contribution in [0.2, 0.25) is 0 Å². The highest BCUT2D eigenvalue weighted by Crippen LogP contribution is 2.20. The zero-order valence-electron chi connectivity index (χ0n) is 8.13. The molecule has 0 saturated heterocycles. The number of benzene rings is 1. The maximum Gasteiger partial charge on any atom is 0.0574 e. The number of anilines is 2. The first kappa shape index (κ1) is 11.6. The van der Waals surface area contributed by atoms with Crippen LogP contribution in [0.25, 0.3) is 0 Å². The molecule has 1 aromatic carbocycles. The average Bonchev–Trinajstić information content (AvgIpc) is 2.08. The van der Waals surface area contributed by atoms with Crippen molar-refractivity contribution in [1.29, 1.82) is 0 Å². The van der Waals surface area contributed by atoms with Gasteiger partial charge in [-0.3, -0.25) is 0 Å². The lowest BCUT2D eigenvalue weighted by Crippen LogP contribution is -2.10. The standard InChI is InChI=1S/C10H15IN2O/c1-7(14)4-5-13-10-3-2-8(11)6-9(10)12/h2-3,6-7,13-14H,4-5,12H2,1H3. The van der Waals surface area contributed by atoms with E-state index in [9.17, 15) is 0 Å². The summed E-state index contributed by atoms with van der Waals surface area (Å²) in [7, 11) is 0. The Morgan fingerprint density at radius 2 is 2.29 bits per heavy atom. The molecule has 0 spiro atoms. The van der Waals surface area contributed by atoms with E-state index in [4.69, 9.17) is 10.8 Å². The number of halogens is 1. The summed E-state index contributed by atoms with van der Waals surface area (Å²) in [4.78, 5) is 0. The third kappa shape index (κ3) is 3.71. The number of hydrogen-bond acceptors (Lipinski definition) is 3. The third-order valence-corrected chi connectivity index (χ3v) is 2.56. The van der Waals surface area contributed by atoms with E-state index < -0.39 is 0 Å². The maximum absolute atomic E-state index is 9.07. The van der Waals surface area contributed by atoms with Gasteiger partial charge in [0.05, 0.1) is 17.5 Å². The van der Waals surface area contributed by atoms with Crippen LogP contribution in [0.5, 0.6) is 0 Å². The van der Waals surface area contributed by atoms with Crippen molar-refractivity contribution in [3.8, 4) is 0 Å². The van der Waals surface area contributed by atoms with Gasteiger partial charge in [-0.15, -0.1) is 0 Å². The quantitative estimate of drug-likeness (QED) is 0.589. The van der Waals surface area contributed by atoms with E-state index in [2.05, 4.69) is 27.9 Å². The van der Waals surface area contributed by atoms with Gasteiger partial charge in [0.25, 0.3) is 0 Å². The molecule has 0 fully saturated rings. The zero-order valence-corrected chi connectivity index (χ0v) is 10.3. The van der Waals surface area contributed by atoms with Crippen LogP contribution in [0.15, 0.2) is 18.2 Å². The van der Waals surface area contributed by atoms with Crippen molar-refractivity contribution in [2.75, 3.05) is 17.6 Å². The molecule has 1 aromatic rings. The van der Waals surface area contributed by atoms with Gasteiger partial charge >= 0.3 is 0 Å². The largest absolute Gasteiger partial charge is 0.397 e. The summed E-state index contributed by atoms with van der Waals surface area (Å²) in [5.41, 5.74) is 7.50. The molecule has 14 heavy (non-hydrogen) atoms. The van der Waals surface area contributed by atoms with Crippen LogP contribution < -0.4 is 11.1 Å². The zero-order chi connectivity index (χ0) is 10.6. The topological polar surface area (TPSA) is 58.3 Å². The molecular weight excluding hydrogens is 291 g/mol. The molecule has 1 rings (SSSR count). The van der Waals surface area contributed by atoms with E-state index in [-0.39, 0.29) is 6.10 Å². The van der Waals surface area contributed by atoms with Gasteiger partial charge in [0.1, 0.15) is 0 Å². The SMILES string of the molecule is CC(O)CCNc1ccc(I)cc1N. The minimum Gasteiger partial charge on any atom is -0.397 e. The van der Waals surface area contributed by atoms with E-state index in [1.54, 1.807) is 6.92 Å². The van der Waals surface area contributed by atoms with E-state index in [1.165, 1.54) is 0 Å². The van der Waals surface area contributed by atoms with Crippen LogP contribution >= 0.6 is 22.6 Å². The summed E-state index contributed by atoms with van der Waals surface area (Å²) in [5.74, 6) is 0. The minimum atomic E-state index is -0.271. The van der Waals surface area contributed by atoms with Crippen LogP contribution in [0.4, 0.5) is 11.4 Å². The smallest absolute Gasteiger partial charge is 0.0574 e. The maximum atomic E-state index is 9.07. The first-order chi connectivity index (χ1) is 6.59. The molecular formula is C10H15IN2O. The molecule has 0 amide bonds. The Balaban J connectivity index is 2.51. The molecule has 0 saturated carbocycles. The summed E-state index contributed by atoms with van der Waals surface area (Å²) in [6.07, 6.45) is 0.457. The molecule has 0 bridgehead atoms. The molecule has 0 aliphatic heterocycles. The van der Waals surface area contributed by atoms with Gasteiger partial charge in [-0.2, -0.15) is 0 Å². The van der Waals surface area contributed by atoms with Crippen molar-refractivity contribution >= 4 is 34.0 Å². The number of hydrogen-bond donors (Lipinski definition) is 3. The lowest BCUT2D eigenvalue weighted by atomic mass is 10.2. The second-order valence-electron chi connectivity index (χ2n) is 3.30. The highest BCUT2D eigenvalue weighted by Gasteiger charge is 1.99. The Morgan fingerprint density at radius 3 is 2.86 bits per heavy atom. The fourth-order valence-electron chi connectivity index (χ4n) is 1.11. The molecule has 4 heteroatoms. The molecule has 3 nitrogen and oxygen atoms in total. The molecule has 0 aliphatic rings. The predicted molar refractivity (Wildman–Crippen MR) is 68.4 cm³/mol. The van der Waals surface area contributed by atoms with Crippen molar-refractivity contribution in [2.45, 2.75) is 19.4 Å². The van der Waals surface area contributed by atoms with Gasteiger partial charge in [-0.1, -0.05) is 0 Å². The van der Waals surface area contributed by atoms with Crippen LogP contribution in [-0.2, 0) is 0 Å². The molecule has 4 N–H and O–H groups in total. The van der Waals surface area contributed by atoms with E-state index in [0.717, 1.165) is 27.9 Å². The number of nitrogen functional groups attached to an aromatic ring is 1. The number of nitrogens with two attached hydrogens (primary N) is 1. The molecule has 1 atom stereocenters. The summed E-state index contributed by atoms with van der Waals surface area (Å²) in [6.45, 7) is 2.52. The Kier molecular flexibility index (Phi) is 4.47. The monoisotopic (exact) mass is 306 g/mol. The lowest BCUT2D eigenvalue weighted by molar-refractivity contribution is 0.189. The normalized spacial score (nSPS) is 12.5. The Hall–Kier alpha value is -0.490. The fourth-order valence-corrected chi connectivity index (χ4v) is 1.63. The number of rotatable bonds is 4. The van der Waals surface area contributed by atoms with E-state index in [0.29, 0.717) is 0 Å². The average molecular weight is 306 g/mol. The number of aliphatic hydroxyl groups excluding tert-OH is 1. The Bertz CT molecular complexity index is 302. The summed E-state index contributed by atoms with van der Waals surface area (Å²) in [5, 5.41) is 12.3. The fraction of sp³-hybridized carbons (Fsp3) is 0.400. The van der Waals surface area contributed by atoms with Gasteiger partial charge in [0, 0.05) is 10.1 Å². The van der Waals surface area contributed by atoms with Crippen LogP contribution in [0.1, 0.15) is 13.3 Å². The van der Waals surface area contributed by atoms with Crippen molar-refractivity contribution in [1.82, 2.24) is 0 Å². The van der Waals surface area contributed by atoms with Crippen molar-refractivity contribution in [3.05, 3.63) is 21.8 Å². The van der Waals surface area contributed by atoms with Gasteiger partial charge in [0.2, 0.25) is 0 Å². The minimum absolute atomic E-state index is 0.271. The third-order valence-electron chi connectivity index (χ3n) is 1.89. The number of nitrogens with one attached hydrogen (secondary N) is 1. The molecule has 0 radical (unpaired) electrons. The second-order valence-corrected chi connectivity index (χ2v) is 4.54. The Labute approximate surface area is 97.8 Å². The highest BCUT2D eigenvalue weighted by molar-refractivity contribution is 14.1. The number of aliphatic hydroxyl groups is 1. The van der Waals surface area contributed by atoms with E-state index in [1.807, 2.05) is 18.2 Å². The molecule has 0 heterocycles. The summed E-state index contributed by atoms with van der Waals surface area (Å²) < 4.78 is 1.13. The summed E-state index contributed by atoms with van der Waals surface area (Å²) in [6, 6.07) is 5.88. The van der Waals surface area contributed by atoms with Gasteiger partial charge in [0.15, 0.2) is 0 Å². The van der Waals surface area contributed by atoms with Crippen molar-refractivity contribution in [3.63, 3.8) is 0 Å². The Morgan fingerprint density at radius 1 is 1.57 bits per heavy atom. The highest BCUT2D eigenvalue weighted by atomic mass is 127. The first-order valence-corrected chi connectivity index (χ1v) is 5.64. The predicted octanol–water partition coefficient (Wildman–Crippen LogP) is 2.06. The molecule has 0 aliphatic carbocycles. The van der Waals surface area contributed by atoms with E-state index >= 15 is 0 Å². The van der Waals surface area contributed by atoms with Gasteiger partial charge in [-0.05, 0) is 54.1 Å². The first-order valence-electron chi connectivity index (χ1n) is 4.56. The lowest BCUT2D eigenvalue weighted by Gasteiger charge is -2.10. The van der Waals surface area contributed by atoms with Gasteiger partial charge < -0.3 is 16.2 Å². The summed E-state index contributed by atoms with van der Waals surface area (Å²) >= 11 is 2.22. The molecule has 0 aromatic heterocycles. The van der Waals surface area contributed by atoms with Gasteiger partial charge in [-0.25, -0.2) is 0 Å². The van der Waals surface area contributed by atoms with Crippen molar-refractivity contribution < 1.29 is 5.11 Å². The molecule has 78 valence electrons. The van der Waals surface area contributed by atoms with Crippen LogP contribution in [0, 0.1) is 3.57 Å². The molecule has 1 unspecified atom stereocenters.